The van der Waals surface area contributed by atoms with Crippen molar-refractivity contribution < 1.29 is 9.53 Å². The fourth-order valence-corrected chi connectivity index (χ4v) is 1.73. The zero-order chi connectivity index (χ0) is 14.9. The van der Waals surface area contributed by atoms with E-state index in [1.54, 1.807) is 41.3 Å². The summed E-state index contributed by atoms with van der Waals surface area (Å²) in [6, 6.07) is 7.09. The van der Waals surface area contributed by atoms with Crippen molar-refractivity contribution in [1.82, 2.24) is 20.3 Å². The van der Waals surface area contributed by atoms with Crippen LogP contribution in [0.1, 0.15) is 12.8 Å². The number of aromatic nitrogens is 3. The molecule has 1 aromatic carbocycles. The van der Waals surface area contributed by atoms with Gasteiger partial charge in [-0.2, -0.15) is 0 Å². The molecule has 1 amide bonds. The normalized spacial score (nSPS) is 10.3. The molecule has 1 aromatic heterocycles. The van der Waals surface area contributed by atoms with Gasteiger partial charge in [-0.3, -0.25) is 9.48 Å². The van der Waals surface area contributed by atoms with E-state index in [1.165, 1.54) is 0 Å². The van der Waals surface area contributed by atoms with Crippen LogP contribution < -0.4 is 15.8 Å². The van der Waals surface area contributed by atoms with Crippen LogP contribution in [0.3, 0.4) is 0 Å². The van der Waals surface area contributed by atoms with Crippen LogP contribution in [0.2, 0.25) is 0 Å². The summed E-state index contributed by atoms with van der Waals surface area (Å²) in [5.74, 6) is 0.687. The SMILES string of the molecule is Nc1ccc(OCCC(=O)NCCCn2ccnn2)cc1. The van der Waals surface area contributed by atoms with Gasteiger partial charge in [0.2, 0.25) is 5.91 Å². The molecule has 7 nitrogen and oxygen atoms in total. The number of nitrogens with two attached hydrogens (primary N) is 1. The van der Waals surface area contributed by atoms with E-state index in [1.807, 2.05) is 0 Å². The number of carbonyl (C=O) groups is 1. The van der Waals surface area contributed by atoms with Crippen LogP contribution in [0.15, 0.2) is 36.7 Å². The number of anilines is 1. The van der Waals surface area contributed by atoms with Crippen molar-refractivity contribution in [2.24, 2.45) is 0 Å². The highest BCUT2D eigenvalue weighted by Crippen LogP contribution is 2.12. The average molecular weight is 289 g/mol. The van der Waals surface area contributed by atoms with E-state index in [2.05, 4.69) is 15.6 Å². The molecule has 2 aromatic rings. The molecule has 0 saturated carbocycles. The lowest BCUT2D eigenvalue weighted by atomic mass is 10.3. The monoisotopic (exact) mass is 289 g/mol. The number of aryl methyl sites for hydroxylation is 1. The first-order valence-electron chi connectivity index (χ1n) is 6.83. The van der Waals surface area contributed by atoms with Gasteiger partial charge >= 0.3 is 0 Å². The molecular formula is C14H19N5O2. The van der Waals surface area contributed by atoms with Crippen LogP contribution in [0.4, 0.5) is 5.69 Å². The molecule has 3 N–H and O–H groups in total. The van der Waals surface area contributed by atoms with Gasteiger partial charge < -0.3 is 15.8 Å². The van der Waals surface area contributed by atoms with Crippen LogP contribution in [-0.2, 0) is 11.3 Å². The van der Waals surface area contributed by atoms with Crippen LogP contribution in [0.25, 0.3) is 0 Å². The molecule has 0 aliphatic rings. The molecule has 0 atom stereocenters. The molecule has 0 saturated heterocycles. The molecule has 21 heavy (non-hydrogen) atoms. The largest absolute Gasteiger partial charge is 0.493 e. The molecular weight excluding hydrogens is 270 g/mol. The molecule has 112 valence electrons. The lowest BCUT2D eigenvalue weighted by Crippen LogP contribution is -2.26. The highest BCUT2D eigenvalue weighted by molar-refractivity contribution is 5.75. The van der Waals surface area contributed by atoms with Gasteiger partial charge in [-0.05, 0) is 30.7 Å². The zero-order valence-electron chi connectivity index (χ0n) is 11.7. The third-order valence-corrected chi connectivity index (χ3v) is 2.84. The summed E-state index contributed by atoms with van der Waals surface area (Å²) in [5.41, 5.74) is 6.26. The van der Waals surface area contributed by atoms with E-state index in [4.69, 9.17) is 10.5 Å². The minimum atomic E-state index is -0.0240. The summed E-state index contributed by atoms with van der Waals surface area (Å²) in [7, 11) is 0. The minimum absolute atomic E-state index is 0.0240. The standard InChI is InChI=1S/C14H19N5O2/c15-12-2-4-13(5-3-12)21-11-6-14(20)16-7-1-9-19-10-8-17-18-19/h2-5,8,10H,1,6-7,9,11,15H2,(H,16,20). The van der Waals surface area contributed by atoms with Crippen molar-refractivity contribution in [3.63, 3.8) is 0 Å². The third kappa shape index (κ3) is 5.52. The summed E-state index contributed by atoms with van der Waals surface area (Å²) >= 11 is 0. The van der Waals surface area contributed by atoms with Crippen molar-refractivity contribution in [3.8, 4) is 5.75 Å². The lowest BCUT2D eigenvalue weighted by molar-refractivity contribution is -0.121. The maximum absolute atomic E-state index is 11.6. The Morgan fingerprint density at radius 3 is 2.86 bits per heavy atom. The maximum Gasteiger partial charge on any atom is 0.223 e. The van der Waals surface area contributed by atoms with E-state index in [0.717, 1.165) is 13.0 Å². The topological polar surface area (TPSA) is 95.1 Å². The molecule has 2 rings (SSSR count). The summed E-state index contributed by atoms with van der Waals surface area (Å²) in [5, 5.41) is 10.4. The van der Waals surface area contributed by atoms with Gasteiger partial charge in [-0.15, -0.1) is 5.10 Å². The first kappa shape index (κ1) is 14.8. The van der Waals surface area contributed by atoms with Crippen LogP contribution >= 0.6 is 0 Å². The number of nitrogens with one attached hydrogen (secondary N) is 1. The first-order chi connectivity index (χ1) is 10.2. The summed E-state index contributed by atoms with van der Waals surface area (Å²) < 4.78 is 7.19. The van der Waals surface area contributed by atoms with Crippen LogP contribution in [-0.4, -0.2) is 34.1 Å². The smallest absolute Gasteiger partial charge is 0.223 e. The number of hydrogen-bond donors (Lipinski definition) is 2. The Labute approximate surface area is 123 Å². The number of benzene rings is 1. The molecule has 0 fully saturated rings. The van der Waals surface area contributed by atoms with E-state index >= 15 is 0 Å². The predicted octanol–water partition coefficient (Wildman–Crippen LogP) is 0.836. The quantitative estimate of drug-likeness (QED) is 0.554. The van der Waals surface area contributed by atoms with Crippen LogP contribution in [0, 0.1) is 0 Å². The Morgan fingerprint density at radius 2 is 2.14 bits per heavy atom. The second kappa shape index (κ2) is 7.88. The van der Waals surface area contributed by atoms with E-state index in [9.17, 15) is 4.79 Å². The molecule has 0 aliphatic heterocycles. The molecule has 0 bridgehead atoms. The fraction of sp³-hybridized carbons (Fsp3) is 0.357. The number of amides is 1. The van der Waals surface area contributed by atoms with Crippen molar-refractivity contribution >= 4 is 11.6 Å². The number of rotatable bonds is 8. The van der Waals surface area contributed by atoms with E-state index in [0.29, 0.717) is 31.0 Å². The Kier molecular flexibility index (Phi) is 5.57. The number of carbonyl (C=O) groups excluding carboxylic acids is 1. The Morgan fingerprint density at radius 1 is 1.33 bits per heavy atom. The zero-order valence-corrected chi connectivity index (χ0v) is 11.7. The summed E-state index contributed by atoms with van der Waals surface area (Å²) in [4.78, 5) is 11.6. The van der Waals surface area contributed by atoms with Crippen molar-refractivity contribution in [1.29, 1.82) is 0 Å². The van der Waals surface area contributed by atoms with Crippen molar-refractivity contribution in [3.05, 3.63) is 36.7 Å². The molecule has 0 aliphatic carbocycles. The highest BCUT2D eigenvalue weighted by Gasteiger charge is 2.02. The van der Waals surface area contributed by atoms with Gasteiger partial charge in [0.25, 0.3) is 0 Å². The molecule has 0 spiro atoms. The third-order valence-electron chi connectivity index (χ3n) is 2.84. The fourth-order valence-electron chi connectivity index (χ4n) is 1.73. The van der Waals surface area contributed by atoms with Gasteiger partial charge in [-0.25, -0.2) is 0 Å². The second-order valence-electron chi connectivity index (χ2n) is 4.54. The van der Waals surface area contributed by atoms with Crippen molar-refractivity contribution in [2.75, 3.05) is 18.9 Å². The number of nitrogens with zero attached hydrogens (tertiary/aromatic N) is 3. The predicted molar refractivity (Wildman–Crippen MR) is 78.6 cm³/mol. The Balaban J connectivity index is 1.54. The van der Waals surface area contributed by atoms with Gasteiger partial charge in [0.15, 0.2) is 0 Å². The average Bonchev–Trinajstić information content (AvgIpc) is 2.99. The Bertz CT molecular complexity index is 539. The first-order valence-corrected chi connectivity index (χ1v) is 6.83. The number of ether oxygens (including phenoxy) is 1. The van der Waals surface area contributed by atoms with Crippen LogP contribution in [0.5, 0.6) is 5.75 Å². The summed E-state index contributed by atoms with van der Waals surface area (Å²) in [6.45, 7) is 1.70. The number of nitrogen functional groups attached to an aromatic ring is 1. The lowest BCUT2D eigenvalue weighted by Gasteiger charge is -2.07. The Hall–Kier alpha value is -2.57. The molecule has 0 unspecified atom stereocenters. The summed E-state index contributed by atoms with van der Waals surface area (Å²) in [6.07, 6.45) is 4.57. The van der Waals surface area contributed by atoms with Gasteiger partial charge in [-0.1, -0.05) is 5.21 Å². The molecule has 1 heterocycles. The number of hydrogen-bond acceptors (Lipinski definition) is 5. The minimum Gasteiger partial charge on any atom is -0.493 e. The van der Waals surface area contributed by atoms with Crippen molar-refractivity contribution in [2.45, 2.75) is 19.4 Å². The van der Waals surface area contributed by atoms with Gasteiger partial charge in [0, 0.05) is 25.0 Å². The maximum atomic E-state index is 11.6. The van der Waals surface area contributed by atoms with Gasteiger partial charge in [0.05, 0.1) is 19.2 Å². The van der Waals surface area contributed by atoms with Gasteiger partial charge in [0.1, 0.15) is 5.75 Å². The molecule has 0 radical (unpaired) electrons. The highest BCUT2D eigenvalue weighted by atomic mass is 16.5. The second-order valence-corrected chi connectivity index (χ2v) is 4.54. The molecule has 7 heteroatoms. The van der Waals surface area contributed by atoms with E-state index < -0.39 is 0 Å². The van der Waals surface area contributed by atoms with E-state index in [-0.39, 0.29) is 5.91 Å².